The minimum atomic E-state index is 0.301. The van der Waals surface area contributed by atoms with Gasteiger partial charge in [-0.25, -0.2) is 4.68 Å². The maximum absolute atomic E-state index is 10.6. The Hall–Kier alpha value is -1.77. The van der Waals surface area contributed by atoms with Crippen molar-refractivity contribution in [3.05, 3.63) is 40.6 Å². The summed E-state index contributed by atoms with van der Waals surface area (Å²) in [4.78, 5) is 0. The molecule has 1 aromatic carbocycles. The van der Waals surface area contributed by atoms with E-state index in [1.807, 2.05) is 6.07 Å². The summed E-state index contributed by atoms with van der Waals surface area (Å²) in [7, 11) is 0. The zero-order valence-corrected chi connectivity index (χ0v) is 13.8. The third kappa shape index (κ3) is 3.12. The topological polar surface area (TPSA) is 38.0 Å². The Morgan fingerprint density at radius 3 is 2.48 bits per heavy atom. The molecule has 114 valence electrons. The summed E-state index contributed by atoms with van der Waals surface area (Å²) in [5, 5.41) is 15.3. The van der Waals surface area contributed by atoms with Crippen molar-refractivity contribution in [2.24, 2.45) is 0 Å². The molecule has 21 heavy (non-hydrogen) atoms. The van der Waals surface area contributed by atoms with Crippen molar-refractivity contribution in [2.75, 3.05) is 0 Å². The first-order chi connectivity index (χ1) is 9.95. The van der Waals surface area contributed by atoms with E-state index in [-0.39, 0.29) is 0 Å². The van der Waals surface area contributed by atoms with Gasteiger partial charge in [-0.05, 0) is 55.9 Å². The smallest absolute Gasteiger partial charge is 0.217 e. The van der Waals surface area contributed by atoms with E-state index >= 15 is 0 Å². The Labute approximate surface area is 127 Å². The van der Waals surface area contributed by atoms with E-state index in [0.717, 1.165) is 36.2 Å². The lowest BCUT2D eigenvalue weighted by Crippen LogP contribution is -1.99. The lowest BCUT2D eigenvalue weighted by atomic mass is 10.0. The summed E-state index contributed by atoms with van der Waals surface area (Å²) in [5.41, 5.74) is 5.41. The number of aryl methyl sites for hydroxylation is 2. The molecule has 0 radical (unpaired) electrons. The van der Waals surface area contributed by atoms with Crippen molar-refractivity contribution in [3.8, 4) is 11.6 Å². The molecule has 1 N–H and O–H groups in total. The normalized spacial score (nSPS) is 11.3. The Morgan fingerprint density at radius 2 is 1.90 bits per heavy atom. The van der Waals surface area contributed by atoms with Crippen molar-refractivity contribution >= 4 is 0 Å². The first-order valence-electron chi connectivity index (χ1n) is 7.84. The fourth-order valence-corrected chi connectivity index (χ4v) is 2.55. The lowest BCUT2D eigenvalue weighted by Gasteiger charge is -2.07. The molecule has 0 saturated heterocycles. The summed E-state index contributed by atoms with van der Waals surface area (Å²) in [6.45, 7) is 10.6. The van der Waals surface area contributed by atoms with E-state index in [1.54, 1.807) is 4.68 Å². The average Bonchev–Trinajstić information content (AvgIpc) is 2.77. The van der Waals surface area contributed by atoms with Crippen LogP contribution in [0.1, 0.15) is 61.9 Å². The standard InChI is InChI=1S/C18H26N2O/c1-6-7-8-16-17(12(2)3)19-20(18(16)21)15-10-9-13(4)14(5)11-15/h9-12,21H,6-8H2,1-5H3. The SMILES string of the molecule is CCCCc1c(C(C)C)nn(-c2ccc(C)c(C)c2)c1O. The molecule has 0 saturated carbocycles. The van der Waals surface area contributed by atoms with Crippen LogP contribution in [-0.4, -0.2) is 14.9 Å². The van der Waals surface area contributed by atoms with Gasteiger partial charge in [0.1, 0.15) is 0 Å². The quantitative estimate of drug-likeness (QED) is 0.868. The number of hydrogen-bond donors (Lipinski definition) is 1. The highest BCUT2D eigenvalue weighted by Crippen LogP contribution is 2.31. The van der Waals surface area contributed by atoms with Crippen molar-refractivity contribution in [1.29, 1.82) is 0 Å². The van der Waals surface area contributed by atoms with E-state index in [0.29, 0.717) is 11.8 Å². The highest BCUT2D eigenvalue weighted by molar-refractivity contribution is 5.45. The second-order valence-corrected chi connectivity index (χ2v) is 6.13. The molecule has 0 aliphatic heterocycles. The fraction of sp³-hybridized carbons (Fsp3) is 0.500. The first kappa shape index (κ1) is 15.6. The molecule has 0 atom stereocenters. The largest absolute Gasteiger partial charge is 0.493 e. The van der Waals surface area contributed by atoms with Gasteiger partial charge < -0.3 is 5.11 Å². The van der Waals surface area contributed by atoms with Crippen LogP contribution in [0.2, 0.25) is 0 Å². The third-order valence-electron chi connectivity index (χ3n) is 4.05. The van der Waals surface area contributed by atoms with Gasteiger partial charge in [-0.2, -0.15) is 5.10 Å². The average molecular weight is 286 g/mol. The number of aromatic hydroxyl groups is 1. The molecule has 1 aromatic heterocycles. The molecule has 0 aliphatic rings. The van der Waals surface area contributed by atoms with Crippen LogP contribution in [0.25, 0.3) is 5.69 Å². The van der Waals surface area contributed by atoms with Crippen molar-refractivity contribution < 1.29 is 5.11 Å². The first-order valence-corrected chi connectivity index (χ1v) is 7.84. The van der Waals surface area contributed by atoms with Crippen LogP contribution in [0.15, 0.2) is 18.2 Å². The minimum Gasteiger partial charge on any atom is -0.493 e. The molecule has 0 aliphatic carbocycles. The molecule has 3 nitrogen and oxygen atoms in total. The number of unbranched alkanes of at least 4 members (excludes halogenated alkanes) is 1. The minimum absolute atomic E-state index is 0.301. The van der Waals surface area contributed by atoms with E-state index < -0.39 is 0 Å². The van der Waals surface area contributed by atoms with Gasteiger partial charge in [-0.15, -0.1) is 0 Å². The van der Waals surface area contributed by atoms with Crippen LogP contribution < -0.4 is 0 Å². The predicted octanol–water partition coefficient (Wildman–Crippen LogP) is 4.66. The molecule has 0 amide bonds. The molecular weight excluding hydrogens is 260 g/mol. The van der Waals surface area contributed by atoms with Crippen LogP contribution in [-0.2, 0) is 6.42 Å². The number of hydrogen-bond acceptors (Lipinski definition) is 2. The van der Waals surface area contributed by atoms with E-state index in [4.69, 9.17) is 0 Å². The van der Waals surface area contributed by atoms with Crippen LogP contribution in [0, 0.1) is 13.8 Å². The third-order valence-corrected chi connectivity index (χ3v) is 4.05. The van der Waals surface area contributed by atoms with Crippen LogP contribution >= 0.6 is 0 Å². The molecule has 2 aromatic rings. The van der Waals surface area contributed by atoms with Gasteiger partial charge >= 0.3 is 0 Å². The van der Waals surface area contributed by atoms with E-state index in [9.17, 15) is 5.11 Å². The Kier molecular flexibility index (Phi) is 4.71. The molecule has 0 bridgehead atoms. The summed E-state index contributed by atoms with van der Waals surface area (Å²) >= 11 is 0. The van der Waals surface area contributed by atoms with Gasteiger partial charge in [0.15, 0.2) is 0 Å². The molecular formula is C18H26N2O. The van der Waals surface area contributed by atoms with Crippen molar-refractivity contribution in [3.63, 3.8) is 0 Å². The van der Waals surface area contributed by atoms with Crippen LogP contribution in [0.4, 0.5) is 0 Å². The molecule has 0 fully saturated rings. The lowest BCUT2D eigenvalue weighted by molar-refractivity contribution is 0.427. The zero-order valence-electron chi connectivity index (χ0n) is 13.8. The van der Waals surface area contributed by atoms with Gasteiger partial charge in [0.05, 0.1) is 11.4 Å². The van der Waals surface area contributed by atoms with E-state index in [1.165, 1.54) is 11.1 Å². The molecule has 3 heteroatoms. The molecule has 2 rings (SSSR count). The van der Waals surface area contributed by atoms with Crippen LogP contribution in [0.5, 0.6) is 5.88 Å². The van der Waals surface area contributed by atoms with Gasteiger partial charge in [0.25, 0.3) is 0 Å². The Bertz CT molecular complexity index is 626. The van der Waals surface area contributed by atoms with Gasteiger partial charge in [0, 0.05) is 5.56 Å². The monoisotopic (exact) mass is 286 g/mol. The fourth-order valence-electron chi connectivity index (χ4n) is 2.55. The summed E-state index contributed by atoms with van der Waals surface area (Å²) < 4.78 is 1.69. The highest BCUT2D eigenvalue weighted by atomic mass is 16.3. The second kappa shape index (κ2) is 6.33. The number of nitrogens with zero attached hydrogens (tertiary/aromatic N) is 2. The maximum Gasteiger partial charge on any atom is 0.217 e. The van der Waals surface area contributed by atoms with Gasteiger partial charge in [0.2, 0.25) is 5.88 Å². The predicted molar refractivity (Wildman–Crippen MR) is 87.4 cm³/mol. The van der Waals surface area contributed by atoms with Gasteiger partial charge in [-0.1, -0.05) is 33.3 Å². The van der Waals surface area contributed by atoms with Crippen LogP contribution in [0.3, 0.4) is 0 Å². The Balaban J connectivity index is 2.51. The van der Waals surface area contributed by atoms with Crippen molar-refractivity contribution in [2.45, 2.75) is 59.8 Å². The number of benzene rings is 1. The molecule has 0 unspecified atom stereocenters. The maximum atomic E-state index is 10.6. The zero-order chi connectivity index (χ0) is 15.6. The highest BCUT2D eigenvalue weighted by Gasteiger charge is 2.20. The van der Waals surface area contributed by atoms with E-state index in [2.05, 4.69) is 51.9 Å². The summed E-state index contributed by atoms with van der Waals surface area (Å²) in [6, 6.07) is 6.17. The summed E-state index contributed by atoms with van der Waals surface area (Å²) in [5.74, 6) is 0.617. The van der Waals surface area contributed by atoms with Crippen molar-refractivity contribution in [1.82, 2.24) is 9.78 Å². The summed E-state index contributed by atoms with van der Waals surface area (Å²) in [6.07, 6.45) is 3.08. The number of rotatable bonds is 5. The molecule has 1 heterocycles. The number of aromatic nitrogens is 2. The van der Waals surface area contributed by atoms with Gasteiger partial charge in [-0.3, -0.25) is 0 Å². The molecule has 0 spiro atoms. The Morgan fingerprint density at radius 1 is 1.19 bits per heavy atom. The second-order valence-electron chi connectivity index (χ2n) is 6.13.